The van der Waals surface area contributed by atoms with Crippen LogP contribution in [0.15, 0.2) is 48.6 Å². The Balaban J connectivity index is 4.40. The third-order valence-corrected chi connectivity index (χ3v) is 12.3. The number of carbonyl (C=O) groups excluding carboxylic acids is 3. The average Bonchev–Trinajstić information content (AvgIpc) is 3.30. The van der Waals surface area contributed by atoms with Crippen molar-refractivity contribution in [2.75, 3.05) is 13.2 Å². The molecule has 0 radical (unpaired) electrons. The summed E-state index contributed by atoms with van der Waals surface area (Å²) in [6.45, 7) is 6.60. The van der Waals surface area contributed by atoms with Gasteiger partial charge in [-0.1, -0.05) is 217 Å². The normalized spacial score (nSPS) is 12.4. The van der Waals surface area contributed by atoms with Gasteiger partial charge in [-0.15, -0.1) is 0 Å². The summed E-state index contributed by atoms with van der Waals surface area (Å²) in [5, 5.41) is 0. The van der Waals surface area contributed by atoms with Gasteiger partial charge in [0.25, 0.3) is 0 Å². The van der Waals surface area contributed by atoms with E-state index < -0.39 is 6.10 Å². The highest BCUT2D eigenvalue weighted by Crippen LogP contribution is 2.15. The fourth-order valence-electron chi connectivity index (χ4n) is 7.99. The molecule has 0 rings (SSSR count). The van der Waals surface area contributed by atoms with Crippen molar-refractivity contribution in [2.45, 2.75) is 297 Å². The summed E-state index contributed by atoms with van der Waals surface area (Å²) >= 11 is 0. The molecule has 0 aromatic carbocycles. The van der Waals surface area contributed by atoms with Crippen molar-refractivity contribution in [1.82, 2.24) is 0 Å². The second-order valence-corrected chi connectivity index (χ2v) is 18.8. The van der Waals surface area contributed by atoms with Crippen LogP contribution in [0.25, 0.3) is 0 Å². The Morgan fingerprint density at radius 3 is 0.892 bits per heavy atom. The van der Waals surface area contributed by atoms with Gasteiger partial charge in [0.1, 0.15) is 13.2 Å². The summed E-state index contributed by atoms with van der Waals surface area (Å²) in [5.74, 6) is -0.898. The van der Waals surface area contributed by atoms with Crippen molar-refractivity contribution in [2.24, 2.45) is 0 Å². The molecule has 6 heteroatoms. The van der Waals surface area contributed by atoms with Crippen molar-refractivity contribution in [1.29, 1.82) is 0 Å². The van der Waals surface area contributed by atoms with Crippen LogP contribution < -0.4 is 0 Å². The molecule has 0 amide bonds. The molecular formula is C59H106O6. The Morgan fingerprint density at radius 2 is 0.554 bits per heavy atom. The minimum absolute atomic E-state index is 0.0825. The minimum Gasteiger partial charge on any atom is -0.462 e. The first-order chi connectivity index (χ1) is 32.0. The van der Waals surface area contributed by atoms with Crippen LogP contribution in [0.3, 0.4) is 0 Å². The molecule has 0 fully saturated rings. The van der Waals surface area contributed by atoms with Crippen LogP contribution >= 0.6 is 0 Å². The van der Waals surface area contributed by atoms with Gasteiger partial charge in [-0.25, -0.2) is 0 Å². The van der Waals surface area contributed by atoms with Gasteiger partial charge < -0.3 is 14.2 Å². The first-order valence-electron chi connectivity index (χ1n) is 28.1. The number of allylic oxidation sites excluding steroid dienone is 8. The quantitative estimate of drug-likeness (QED) is 0.0262. The van der Waals surface area contributed by atoms with Gasteiger partial charge in [0.15, 0.2) is 6.10 Å². The van der Waals surface area contributed by atoms with Crippen LogP contribution in [0.4, 0.5) is 0 Å². The second-order valence-electron chi connectivity index (χ2n) is 18.8. The lowest BCUT2D eigenvalue weighted by molar-refractivity contribution is -0.167. The van der Waals surface area contributed by atoms with Gasteiger partial charge in [0.05, 0.1) is 0 Å². The number of unbranched alkanes of at least 4 members (excludes halogenated alkanes) is 32. The molecule has 1 atom stereocenters. The minimum atomic E-state index is -0.784. The molecule has 0 heterocycles. The lowest BCUT2D eigenvalue weighted by Crippen LogP contribution is -2.30. The van der Waals surface area contributed by atoms with E-state index in [0.717, 1.165) is 89.9 Å². The largest absolute Gasteiger partial charge is 0.462 e. The summed E-state index contributed by atoms with van der Waals surface area (Å²) in [5.41, 5.74) is 0. The monoisotopic (exact) mass is 911 g/mol. The highest BCUT2D eigenvalue weighted by molar-refractivity contribution is 5.71. The van der Waals surface area contributed by atoms with Crippen LogP contribution in [0.5, 0.6) is 0 Å². The van der Waals surface area contributed by atoms with Gasteiger partial charge in [-0.3, -0.25) is 14.4 Å². The average molecular weight is 911 g/mol. The van der Waals surface area contributed by atoms with Gasteiger partial charge in [-0.2, -0.15) is 0 Å². The van der Waals surface area contributed by atoms with E-state index in [2.05, 4.69) is 69.4 Å². The van der Waals surface area contributed by atoms with E-state index in [1.807, 2.05) is 0 Å². The highest BCUT2D eigenvalue weighted by Gasteiger charge is 2.19. The third kappa shape index (κ3) is 52.2. The summed E-state index contributed by atoms with van der Waals surface area (Å²) in [6.07, 6.45) is 65.2. The Hall–Kier alpha value is -2.63. The first kappa shape index (κ1) is 62.4. The molecule has 1 unspecified atom stereocenters. The third-order valence-electron chi connectivity index (χ3n) is 12.3. The smallest absolute Gasteiger partial charge is 0.306 e. The standard InChI is InChI=1S/C59H106O6/c1-4-7-10-13-16-19-22-25-28-29-32-34-37-40-43-46-49-52-58(61)64-55-56(65-59(62)53-50-47-44-41-38-35-31-27-24-21-18-15-12-9-6-3)54-63-57(60)51-48-45-42-39-36-33-30-26-23-20-17-14-11-8-5-2/h18,21,25-28,30-31,56H,4-17,19-20,22-24,29,32-55H2,1-3H3/b21-18-,28-25-,30-26-,31-27-. The molecule has 65 heavy (non-hydrogen) atoms. The molecule has 0 spiro atoms. The molecule has 378 valence electrons. The first-order valence-corrected chi connectivity index (χ1v) is 28.1. The molecule has 0 aliphatic carbocycles. The summed E-state index contributed by atoms with van der Waals surface area (Å²) in [6, 6.07) is 0. The number of ether oxygens (including phenoxy) is 3. The Labute approximate surface area is 403 Å². The number of hydrogen-bond donors (Lipinski definition) is 0. The Morgan fingerprint density at radius 1 is 0.308 bits per heavy atom. The molecule has 0 bridgehead atoms. The molecular weight excluding hydrogens is 805 g/mol. The molecule has 0 saturated carbocycles. The molecule has 0 aromatic heterocycles. The van der Waals surface area contributed by atoms with Crippen molar-refractivity contribution >= 4 is 17.9 Å². The van der Waals surface area contributed by atoms with Gasteiger partial charge in [-0.05, 0) is 103 Å². The van der Waals surface area contributed by atoms with Crippen LogP contribution in [-0.4, -0.2) is 37.2 Å². The number of esters is 3. The van der Waals surface area contributed by atoms with Crippen molar-refractivity contribution in [3.8, 4) is 0 Å². The molecule has 0 aromatic rings. The fraction of sp³-hybridized carbons (Fsp3) is 0.814. The van der Waals surface area contributed by atoms with Gasteiger partial charge >= 0.3 is 17.9 Å². The van der Waals surface area contributed by atoms with E-state index in [-0.39, 0.29) is 31.1 Å². The number of hydrogen-bond acceptors (Lipinski definition) is 6. The predicted molar refractivity (Wildman–Crippen MR) is 279 cm³/mol. The number of carbonyl (C=O) groups is 3. The Kier molecular flexibility index (Phi) is 51.8. The van der Waals surface area contributed by atoms with Crippen LogP contribution in [0.1, 0.15) is 290 Å². The lowest BCUT2D eigenvalue weighted by Gasteiger charge is -2.18. The van der Waals surface area contributed by atoms with Crippen molar-refractivity contribution < 1.29 is 28.6 Å². The van der Waals surface area contributed by atoms with Crippen LogP contribution in [0, 0.1) is 0 Å². The zero-order valence-electron chi connectivity index (χ0n) is 43.3. The highest BCUT2D eigenvalue weighted by atomic mass is 16.6. The van der Waals surface area contributed by atoms with E-state index in [1.165, 1.54) is 161 Å². The van der Waals surface area contributed by atoms with Gasteiger partial charge in [0, 0.05) is 19.3 Å². The van der Waals surface area contributed by atoms with E-state index in [1.54, 1.807) is 0 Å². The molecule has 0 saturated heterocycles. The zero-order chi connectivity index (χ0) is 47.2. The maximum absolute atomic E-state index is 12.8. The summed E-state index contributed by atoms with van der Waals surface area (Å²) < 4.78 is 16.8. The van der Waals surface area contributed by atoms with Gasteiger partial charge in [0.2, 0.25) is 0 Å². The van der Waals surface area contributed by atoms with Crippen molar-refractivity contribution in [3.05, 3.63) is 48.6 Å². The maximum Gasteiger partial charge on any atom is 0.306 e. The molecule has 6 nitrogen and oxygen atoms in total. The predicted octanol–water partition coefficient (Wildman–Crippen LogP) is 18.7. The SMILES string of the molecule is CCCCC/C=C\C/C=C\CCCCCCCC(=O)OC(COC(=O)CCCCCCC/C=C\CCCCCCCC)COC(=O)CCCCCCCCC/C=C\CCCCCCCC. The van der Waals surface area contributed by atoms with E-state index >= 15 is 0 Å². The van der Waals surface area contributed by atoms with E-state index in [4.69, 9.17) is 14.2 Å². The van der Waals surface area contributed by atoms with E-state index in [0.29, 0.717) is 19.3 Å². The molecule has 0 aliphatic rings. The molecule has 0 aliphatic heterocycles. The van der Waals surface area contributed by atoms with E-state index in [9.17, 15) is 14.4 Å². The van der Waals surface area contributed by atoms with Crippen molar-refractivity contribution in [3.63, 3.8) is 0 Å². The second kappa shape index (κ2) is 54.0. The van der Waals surface area contributed by atoms with Crippen LogP contribution in [-0.2, 0) is 28.6 Å². The zero-order valence-corrected chi connectivity index (χ0v) is 43.3. The summed E-state index contributed by atoms with van der Waals surface area (Å²) in [7, 11) is 0. The van der Waals surface area contributed by atoms with Crippen LogP contribution in [0.2, 0.25) is 0 Å². The lowest BCUT2D eigenvalue weighted by atomic mass is 10.1. The Bertz CT molecular complexity index is 1140. The molecule has 0 N–H and O–H groups in total. The fourth-order valence-corrected chi connectivity index (χ4v) is 7.99. The maximum atomic E-state index is 12.8. The number of rotatable bonds is 51. The summed E-state index contributed by atoms with van der Waals surface area (Å²) in [4.78, 5) is 38.1. The topological polar surface area (TPSA) is 78.9 Å².